The molecular formula is C13H13N3O2S. The van der Waals surface area contributed by atoms with Crippen LogP contribution in [0.1, 0.15) is 21.0 Å². The Kier molecular flexibility index (Phi) is 6.14. The number of nitriles is 2. The van der Waals surface area contributed by atoms with Crippen molar-refractivity contribution in [3.8, 4) is 12.1 Å². The van der Waals surface area contributed by atoms with Crippen LogP contribution >= 0.6 is 11.3 Å². The highest BCUT2D eigenvalue weighted by Gasteiger charge is 2.07. The molecule has 0 aliphatic carbocycles. The highest BCUT2D eigenvalue weighted by Crippen LogP contribution is 2.18. The van der Waals surface area contributed by atoms with Crippen molar-refractivity contribution in [2.75, 3.05) is 13.1 Å². The Morgan fingerprint density at radius 3 is 2.84 bits per heavy atom. The molecule has 0 aromatic carbocycles. The van der Waals surface area contributed by atoms with Gasteiger partial charge in [-0.1, -0.05) is 0 Å². The minimum absolute atomic E-state index is 0.239. The lowest BCUT2D eigenvalue weighted by Gasteiger charge is -2.15. The molecule has 1 aromatic rings. The second-order valence-electron chi connectivity index (χ2n) is 3.75. The summed E-state index contributed by atoms with van der Waals surface area (Å²) in [5, 5.41) is 25.9. The van der Waals surface area contributed by atoms with Gasteiger partial charge in [-0.15, -0.1) is 11.3 Å². The zero-order valence-corrected chi connectivity index (χ0v) is 11.1. The van der Waals surface area contributed by atoms with Crippen LogP contribution in [0.5, 0.6) is 0 Å². The van der Waals surface area contributed by atoms with Crippen LogP contribution in [0, 0.1) is 22.7 Å². The summed E-state index contributed by atoms with van der Waals surface area (Å²) in [4.78, 5) is 13.8. The SMILES string of the molecule is N#CC=CN(CC#N)CCCc1ccc(C(=O)O)s1. The molecule has 0 atom stereocenters. The molecule has 1 N–H and O–H groups in total. The van der Waals surface area contributed by atoms with Gasteiger partial charge in [0.25, 0.3) is 0 Å². The van der Waals surface area contributed by atoms with Crippen molar-refractivity contribution in [2.24, 2.45) is 0 Å². The van der Waals surface area contributed by atoms with Gasteiger partial charge in [0.1, 0.15) is 11.4 Å². The van der Waals surface area contributed by atoms with E-state index in [0.717, 1.165) is 17.7 Å². The first-order valence-corrected chi connectivity index (χ1v) is 6.48. The fraction of sp³-hybridized carbons (Fsp3) is 0.308. The molecule has 5 nitrogen and oxygen atoms in total. The Balaban J connectivity index is 2.43. The van der Waals surface area contributed by atoms with E-state index in [4.69, 9.17) is 15.6 Å². The summed E-state index contributed by atoms with van der Waals surface area (Å²) >= 11 is 1.27. The number of nitrogens with zero attached hydrogens (tertiary/aromatic N) is 3. The minimum atomic E-state index is -0.903. The number of aryl methyl sites for hydroxylation is 1. The third-order valence-corrected chi connectivity index (χ3v) is 3.51. The smallest absolute Gasteiger partial charge is 0.345 e. The van der Waals surface area contributed by atoms with Crippen LogP contribution in [-0.2, 0) is 6.42 Å². The van der Waals surface area contributed by atoms with Crippen LogP contribution in [0.2, 0.25) is 0 Å². The molecule has 0 spiro atoms. The molecule has 0 saturated carbocycles. The maximum Gasteiger partial charge on any atom is 0.345 e. The number of carboxylic acid groups (broad SMARTS) is 1. The van der Waals surface area contributed by atoms with Crippen molar-refractivity contribution < 1.29 is 9.90 Å². The molecule has 0 amide bonds. The van der Waals surface area contributed by atoms with E-state index in [2.05, 4.69) is 0 Å². The zero-order valence-electron chi connectivity index (χ0n) is 10.2. The molecule has 0 fully saturated rings. The van der Waals surface area contributed by atoms with Crippen molar-refractivity contribution in [3.63, 3.8) is 0 Å². The third-order valence-electron chi connectivity index (χ3n) is 2.37. The maximum absolute atomic E-state index is 10.7. The Morgan fingerprint density at radius 1 is 1.47 bits per heavy atom. The number of aromatic carboxylic acids is 1. The van der Waals surface area contributed by atoms with Crippen molar-refractivity contribution in [3.05, 3.63) is 34.2 Å². The fourth-order valence-electron chi connectivity index (χ4n) is 1.52. The van der Waals surface area contributed by atoms with Crippen LogP contribution in [0.3, 0.4) is 0 Å². The lowest BCUT2D eigenvalue weighted by Crippen LogP contribution is -2.19. The fourth-order valence-corrected chi connectivity index (χ4v) is 2.41. The van der Waals surface area contributed by atoms with Crippen LogP contribution in [0.15, 0.2) is 24.4 Å². The van der Waals surface area contributed by atoms with E-state index in [0.29, 0.717) is 11.4 Å². The quantitative estimate of drug-likeness (QED) is 0.609. The van der Waals surface area contributed by atoms with E-state index in [1.807, 2.05) is 18.2 Å². The van der Waals surface area contributed by atoms with Crippen molar-refractivity contribution in [2.45, 2.75) is 12.8 Å². The Bertz CT molecular complexity index is 537. The molecule has 1 aromatic heterocycles. The summed E-state index contributed by atoms with van der Waals surface area (Å²) in [6.07, 6.45) is 4.50. The molecule has 0 radical (unpaired) electrons. The largest absolute Gasteiger partial charge is 0.477 e. The summed E-state index contributed by atoms with van der Waals surface area (Å²) in [5.74, 6) is -0.903. The van der Waals surface area contributed by atoms with Gasteiger partial charge in [-0.05, 0) is 25.0 Å². The average Bonchev–Trinajstić information content (AvgIpc) is 2.85. The number of thiophene rings is 1. The van der Waals surface area contributed by atoms with E-state index >= 15 is 0 Å². The normalized spacial score (nSPS) is 10.0. The molecule has 0 bridgehead atoms. The van der Waals surface area contributed by atoms with E-state index in [9.17, 15) is 4.79 Å². The van der Waals surface area contributed by atoms with Gasteiger partial charge in [-0.25, -0.2) is 4.79 Å². The number of carbonyl (C=O) groups is 1. The number of rotatable bonds is 7. The van der Waals surface area contributed by atoms with Crippen LogP contribution in [0.25, 0.3) is 0 Å². The van der Waals surface area contributed by atoms with Crippen LogP contribution in [0.4, 0.5) is 0 Å². The van der Waals surface area contributed by atoms with Crippen molar-refractivity contribution in [1.29, 1.82) is 10.5 Å². The summed E-state index contributed by atoms with van der Waals surface area (Å²) in [7, 11) is 0. The van der Waals surface area contributed by atoms with Crippen molar-refractivity contribution >= 4 is 17.3 Å². The van der Waals surface area contributed by atoms with Gasteiger partial charge in [-0.2, -0.15) is 10.5 Å². The van der Waals surface area contributed by atoms with Gasteiger partial charge in [-0.3, -0.25) is 0 Å². The summed E-state index contributed by atoms with van der Waals surface area (Å²) in [6, 6.07) is 7.34. The molecule has 19 heavy (non-hydrogen) atoms. The van der Waals surface area contributed by atoms with E-state index < -0.39 is 5.97 Å². The lowest BCUT2D eigenvalue weighted by molar-refractivity contribution is 0.0702. The lowest BCUT2D eigenvalue weighted by atomic mass is 10.2. The second kappa shape index (κ2) is 7.91. The highest BCUT2D eigenvalue weighted by molar-refractivity contribution is 7.13. The van der Waals surface area contributed by atoms with Crippen LogP contribution < -0.4 is 0 Å². The first kappa shape index (κ1) is 14.7. The van der Waals surface area contributed by atoms with E-state index in [-0.39, 0.29) is 6.54 Å². The minimum Gasteiger partial charge on any atom is -0.477 e. The molecule has 0 aliphatic heterocycles. The van der Waals surface area contributed by atoms with Gasteiger partial charge in [0, 0.05) is 23.7 Å². The number of allylic oxidation sites excluding steroid dienone is 1. The number of carboxylic acids is 1. The predicted molar refractivity (Wildman–Crippen MR) is 71.5 cm³/mol. The van der Waals surface area contributed by atoms with Crippen molar-refractivity contribution in [1.82, 2.24) is 4.90 Å². The molecule has 0 saturated heterocycles. The van der Waals surface area contributed by atoms with Gasteiger partial charge < -0.3 is 10.0 Å². The Hall–Kier alpha value is -2.31. The van der Waals surface area contributed by atoms with Gasteiger partial charge in [0.15, 0.2) is 0 Å². The molecule has 1 rings (SSSR count). The first-order chi connectivity index (χ1) is 9.17. The predicted octanol–water partition coefficient (Wildman–Crippen LogP) is 2.24. The molecule has 1 heterocycles. The first-order valence-electron chi connectivity index (χ1n) is 5.66. The summed E-state index contributed by atoms with van der Waals surface area (Å²) < 4.78 is 0. The van der Waals surface area contributed by atoms with E-state index in [1.165, 1.54) is 17.4 Å². The van der Waals surface area contributed by atoms with Gasteiger partial charge in [0.2, 0.25) is 0 Å². The molecule has 0 aliphatic rings. The third kappa shape index (κ3) is 5.24. The summed E-state index contributed by atoms with van der Waals surface area (Å²) in [5.41, 5.74) is 0. The monoisotopic (exact) mass is 275 g/mol. The Morgan fingerprint density at radius 2 is 2.26 bits per heavy atom. The summed E-state index contributed by atoms with van der Waals surface area (Å²) in [6.45, 7) is 0.898. The van der Waals surface area contributed by atoms with Gasteiger partial charge in [0.05, 0.1) is 12.1 Å². The topological polar surface area (TPSA) is 88.1 Å². The van der Waals surface area contributed by atoms with Gasteiger partial charge >= 0.3 is 5.97 Å². The molecule has 98 valence electrons. The standard InChI is InChI=1S/C13H13N3O2S/c14-6-2-9-16(10-7-15)8-1-3-11-4-5-12(19-11)13(17)18/h2,4-5,9H,1,3,8,10H2,(H,17,18). The van der Waals surface area contributed by atoms with E-state index in [1.54, 1.807) is 17.2 Å². The van der Waals surface area contributed by atoms with Crippen LogP contribution in [-0.4, -0.2) is 29.1 Å². The highest BCUT2D eigenvalue weighted by atomic mass is 32.1. The molecular weight excluding hydrogens is 262 g/mol. The number of hydrogen-bond donors (Lipinski definition) is 1. The maximum atomic E-state index is 10.7. The second-order valence-corrected chi connectivity index (χ2v) is 4.92. The Labute approximate surface area is 115 Å². The average molecular weight is 275 g/mol. The molecule has 0 unspecified atom stereocenters. The zero-order chi connectivity index (χ0) is 14.1. The molecule has 6 heteroatoms. The number of hydrogen-bond acceptors (Lipinski definition) is 5.